The molecule has 0 aromatic rings. The zero-order valence-corrected chi connectivity index (χ0v) is 3.36. The Kier molecular flexibility index (Phi) is 0.976. The van der Waals surface area contributed by atoms with Crippen molar-refractivity contribution in [2.24, 2.45) is 10.8 Å². The summed E-state index contributed by atoms with van der Waals surface area (Å²) in [6.45, 7) is 0. The summed E-state index contributed by atoms with van der Waals surface area (Å²) in [5.41, 5.74) is 0. The summed E-state index contributed by atoms with van der Waals surface area (Å²) >= 11 is 0. The third kappa shape index (κ3) is 8.12. The molecule has 0 radical (unpaired) electrons. The maximum Gasteiger partial charge on any atom is 0.229 e. The molecule has 0 fully saturated rings. The van der Waals surface area contributed by atoms with E-state index in [2.05, 4.69) is 6.17 Å². The lowest BCUT2D eigenvalue weighted by molar-refractivity contribution is 1.74. The van der Waals surface area contributed by atoms with Crippen molar-refractivity contribution >= 4 is 14.9 Å². The van der Waals surface area contributed by atoms with Crippen LogP contribution in [-0.2, 0) is 0 Å². The van der Waals surface area contributed by atoms with Gasteiger partial charge in [0.05, 0.1) is 0 Å². The predicted molar refractivity (Wildman–Crippen MR) is 21.2 cm³/mol. The molecule has 3 heteroatoms. The highest BCUT2D eigenvalue weighted by atomic mass is 28.3. The molecule has 0 aliphatic heterocycles. The van der Waals surface area contributed by atoms with E-state index in [1.807, 2.05) is 0 Å². The van der Waals surface area contributed by atoms with Gasteiger partial charge >= 0.3 is 0 Å². The summed E-state index contributed by atoms with van der Waals surface area (Å²) < 4.78 is 0. The Bertz CT molecular complexity index is 29.0. The molecule has 24 valence electrons. The van der Waals surface area contributed by atoms with E-state index in [0.29, 0.717) is 0 Å². The van der Waals surface area contributed by atoms with Crippen LogP contribution in [0.15, 0.2) is 0 Å². The van der Waals surface area contributed by atoms with Crippen LogP contribution in [0.25, 0.3) is 0 Å². The minimum absolute atomic E-state index is 1.13. The molecule has 2 nitrogen and oxygen atoms in total. The molecule has 0 amide bonds. The van der Waals surface area contributed by atoms with Gasteiger partial charge in [-0.1, -0.05) is 6.17 Å². The van der Waals surface area contributed by atoms with Crippen LogP contribution in [0.3, 0.4) is 0 Å². The van der Waals surface area contributed by atoms with E-state index >= 15 is 0 Å². The van der Waals surface area contributed by atoms with Crippen LogP contribution < -0.4 is 10.8 Å². The van der Waals surface area contributed by atoms with Gasteiger partial charge in [0.2, 0.25) is 8.73 Å². The lowest BCUT2D eigenvalue weighted by Crippen LogP contribution is -2.25. The second-order valence-electron chi connectivity index (χ2n) is 0.575. The molecule has 0 saturated heterocycles. The van der Waals surface area contributed by atoms with E-state index in [0.717, 1.165) is 0 Å². The highest BCUT2D eigenvalue weighted by Crippen LogP contribution is 1.00. The van der Waals surface area contributed by atoms with Gasteiger partial charge in [0.15, 0.2) is 0 Å². The van der Waals surface area contributed by atoms with Crippen molar-refractivity contribution < 1.29 is 0 Å². The molecule has 0 aromatic carbocycles. The summed E-state index contributed by atoms with van der Waals surface area (Å²) in [4.78, 5) is 0. The molecule has 0 heterocycles. The Morgan fingerprint density at radius 3 is 1.50 bits per heavy atom. The standard InChI is InChI=1S/CH6N2Si/c1-4(2)3/h1-3H2. The molecule has 4 N–H and O–H groups in total. The monoisotopic (exact) mass is 74.0 g/mol. The van der Waals surface area contributed by atoms with Gasteiger partial charge < -0.3 is 10.8 Å². The van der Waals surface area contributed by atoms with Gasteiger partial charge in [-0.3, -0.25) is 0 Å². The topological polar surface area (TPSA) is 52.0 Å². The highest BCUT2D eigenvalue weighted by Gasteiger charge is 1.55. The summed E-state index contributed by atoms with van der Waals surface area (Å²) in [6.07, 6.45) is 3.30. The quantitative estimate of drug-likeness (QED) is 0.340. The van der Waals surface area contributed by atoms with Crippen LogP contribution in [0.1, 0.15) is 0 Å². The van der Waals surface area contributed by atoms with Crippen LogP contribution in [0, 0.1) is 0 Å². The largest absolute Gasteiger partial charge is 0.418 e. The van der Waals surface area contributed by atoms with Crippen LogP contribution >= 0.6 is 0 Å². The average Bonchev–Trinajstić information content (AvgIpc) is 0.811. The van der Waals surface area contributed by atoms with E-state index in [-0.39, 0.29) is 0 Å². The van der Waals surface area contributed by atoms with Crippen molar-refractivity contribution in [3.63, 3.8) is 0 Å². The van der Waals surface area contributed by atoms with Gasteiger partial charge in [-0.15, -0.1) is 0 Å². The minimum Gasteiger partial charge on any atom is -0.418 e. The van der Waals surface area contributed by atoms with Crippen molar-refractivity contribution in [1.29, 1.82) is 0 Å². The first-order chi connectivity index (χ1) is 1.73. The van der Waals surface area contributed by atoms with Gasteiger partial charge in [0, 0.05) is 0 Å². The summed E-state index contributed by atoms with van der Waals surface area (Å²) in [6, 6.07) is 0. The van der Waals surface area contributed by atoms with Crippen molar-refractivity contribution in [2.75, 3.05) is 0 Å². The highest BCUT2D eigenvalue weighted by molar-refractivity contribution is 6.55. The van der Waals surface area contributed by atoms with Crippen molar-refractivity contribution in [3.8, 4) is 0 Å². The fourth-order valence-electron chi connectivity index (χ4n) is 0. The second kappa shape index (κ2) is 1.06. The van der Waals surface area contributed by atoms with Crippen molar-refractivity contribution in [3.05, 3.63) is 0 Å². The molecule has 0 saturated carbocycles. The Hall–Kier alpha value is -0.313. The van der Waals surface area contributed by atoms with E-state index < -0.39 is 8.73 Å². The Morgan fingerprint density at radius 1 is 1.50 bits per heavy atom. The van der Waals surface area contributed by atoms with Gasteiger partial charge in [-0.25, -0.2) is 0 Å². The normalized spacial score (nSPS) is 6.00. The zero-order valence-electron chi connectivity index (χ0n) is 2.36. The van der Waals surface area contributed by atoms with Crippen molar-refractivity contribution in [1.82, 2.24) is 0 Å². The fraction of sp³-hybridized carbons (Fsp3) is 0. The molecule has 0 spiro atoms. The first-order valence-electron chi connectivity index (χ1n) is 0.931. The second-order valence-corrected chi connectivity index (χ2v) is 1.72. The fourth-order valence-corrected chi connectivity index (χ4v) is 0. The molecular formula is CH6N2Si. The molecule has 0 unspecified atom stereocenters. The SMILES string of the molecule is C=[Si](N)N. The predicted octanol–water partition coefficient (Wildman–Crippen LogP) is -1.59. The lowest BCUT2D eigenvalue weighted by Gasteiger charge is -1.67. The van der Waals surface area contributed by atoms with Gasteiger partial charge in [0.25, 0.3) is 0 Å². The number of hydrogen-bond donors (Lipinski definition) is 2. The Balaban J connectivity index is 2.80. The molecule has 4 heavy (non-hydrogen) atoms. The molecule has 0 bridgehead atoms. The molecule has 0 rings (SSSR count). The summed E-state index contributed by atoms with van der Waals surface area (Å²) in [7, 11) is -1.13. The molecule has 0 aliphatic rings. The van der Waals surface area contributed by atoms with Gasteiger partial charge in [-0.05, 0) is 0 Å². The zero-order chi connectivity index (χ0) is 3.58. The first kappa shape index (κ1) is 3.69. The van der Waals surface area contributed by atoms with Crippen molar-refractivity contribution in [2.45, 2.75) is 0 Å². The third-order valence-corrected chi connectivity index (χ3v) is 0. The number of nitrogens with two attached hydrogens (primary N) is 2. The average molecular weight is 74.2 g/mol. The molecule has 0 aromatic heterocycles. The van der Waals surface area contributed by atoms with Crippen LogP contribution in [0.4, 0.5) is 0 Å². The Morgan fingerprint density at radius 2 is 1.50 bits per heavy atom. The summed E-state index contributed by atoms with van der Waals surface area (Å²) in [5.74, 6) is 0. The molecule has 0 atom stereocenters. The maximum absolute atomic E-state index is 4.88. The van der Waals surface area contributed by atoms with Crippen LogP contribution in [0.5, 0.6) is 0 Å². The van der Waals surface area contributed by atoms with Crippen LogP contribution in [-0.4, -0.2) is 14.9 Å². The van der Waals surface area contributed by atoms with Gasteiger partial charge in [0.1, 0.15) is 0 Å². The van der Waals surface area contributed by atoms with E-state index in [1.54, 1.807) is 0 Å². The minimum atomic E-state index is -1.13. The lowest BCUT2D eigenvalue weighted by atomic mass is 12.0. The van der Waals surface area contributed by atoms with Crippen LogP contribution in [0.2, 0.25) is 0 Å². The van der Waals surface area contributed by atoms with Gasteiger partial charge in [-0.2, -0.15) is 0 Å². The smallest absolute Gasteiger partial charge is 0.229 e. The molecular weight excluding hydrogens is 68.1 g/mol. The first-order valence-corrected chi connectivity index (χ1v) is 2.79. The molecule has 0 aliphatic carbocycles. The number of hydrogen-bond acceptors (Lipinski definition) is 2. The van der Waals surface area contributed by atoms with E-state index in [4.69, 9.17) is 10.8 Å². The van der Waals surface area contributed by atoms with E-state index in [9.17, 15) is 0 Å². The number of rotatable bonds is 0. The summed E-state index contributed by atoms with van der Waals surface area (Å²) in [5, 5.41) is 9.76. The van der Waals surface area contributed by atoms with E-state index in [1.165, 1.54) is 0 Å². The Labute approximate surface area is 26.8 Å². The third-order valence-electron chi connectivity index (χ3n) is 0. The maximum atomic E-state index is 4.88.